The number of halogens is 1. The molecule has 26 heavy (non-hydrogen) atoms. The fourth-order valence-electron chi connectivity index (χ4n) is 3.14. The lowest BCUT2D eigenvalue weighted by molar-refractivity contribution is 0.397. The normalized spacial score (nSPS) is 16.6. The molecule has 1 aromatic heterocycles. The highest BCUT2D eigenvalue weighted by Crippen LogP contribution is 2.22. The van der Waals surface area contributed by atoms with E-state index in [9.17, 15) is 0 Å². The molecule has 1 atom stereocenters. The molecule has 1 aromatic carbocycles. The van der Waals surface area contributed by atoms with E-state index in [1.165, 1.54) is 11.1 Å². The molecule has 7 heteroatoms. The summed E-state index contributed by atoms with van der Waals surface area (Å²) < 4.78 is 2.02. The van der Waals surface area contributed by atoms with Crippen LogP contribution in [0.4, 0.5) is 0 Å². The summed E-state index contributed by atoms with van der Waals surface area (Å²) in [5, 5.41) is 11.4. The third kappa shape index (κ3) is 5.43. The third-order valence-electron chi connectivity index (χ3n) is 4.43. The number of aromatic nitrogens is 3. The number of hydrogen-bond donors (Lipinski definition) is 2. The van der Waals surface area contributed by atoms with Gasteiger partial charge in [0.1, 0.15) is 11.6 Å². The minimum Gasteiger partial charge on any atom is -0.357 e. The van der Waals surface area contributed by atoms with Crippen LogP contribution in [0, 0.1) is 13.8 Å². The Labute approximate surface area is 172 Å². The average molecular weight is 468 g/mol. The summed E-state index contributed by atoms with van der Waals surface area (Å²) >= 11 is 0. The van der Waals surface area contributed by atoms with Crippen LogP contribution < -0.4 is 10.6 Å². The number of guanidine groups is 1. The smallest absolute Gasteiger partial charge is 0.191 e. The Morgan fingerprint density at radius 1 is 1.27 bits per heavy atom. The first-order valence-electron chi connectivity index (χ1n) is 9.17. The van der Waals surface area contributed by atoms with Gasteiger partial charge in [-0.2, -0.15) is 5.10 Å². The molecule has 0 fully saturated rings. The highest BCUT2D eigenvalue weighted by atomic mass is 127. The molecule has 6 nitrogen and oxygen atoms in total. The number of hydrogen-bond acceptors (Lipinski definition) is 3. The van der Waals surface area contributed by atoms with Crippen LogP contribution in [0.2, 0.25) is 0 Å². The molecule has 3 rings (SSSR count). The third-order valence-corrected chi connectivity index (χ3v) is 4.43. The van der Waals surface area contributed by atoms with Crippen LogP contribution in [0.25, 0.3) is 0 Å². The summed E-state index contributed by atoms with van der Waals surface area (Å²) in [7, 11) is 0. The Morgan fingerprint density at radius 2 is 2.04 bits per heavy atom. The van der Waals surface area contributed by atoms with E-state index in [1.54, 1.807) is 0 Å². The van der Waals surface area contributed by atoms with Gasteiger partial charge >= 0.3 is 0 Å². The fourth-order valence-corrected chi connectivity index (χ4v) is 3.14. The monoisotopic (exact) mass is 468 g/mol. The topological polar surface area (TPSA) is 67.1 Å². The van der Waals surface area contributed by atoms with Crippen LogP contribution in [-0.4, -0.2) is 33.8 Å². The van der Waals surface area contributed by atoms with Gasteiger partial charge in [-0.05, 0) is 45.6 Å². The summed E-state index contributed by atoms with van der Waals surface area (Å²) in [4.78, 5) is 9.33. The standard InChI is InChI=1S/C19H28N6.HI/c1-4-20-19(21-12-11-16-9-7-14(2)8-10-16)23-17-6-5-13-25-18(17)22-15(3)24-25;/h7-10,17H,4-6,11-13H2,1-3H3,(H2,20,21,23);1H. The molecule has 0 saturated carbocycles. The van der Waals surface area contributed by atoms with Crippen LogP contribution in [0.1, 0.15) is 48.6 Å². The van der Waals surface area contributed by atoms with Crippen molar-refractivity contribution < 1.29 is 0 Å². The lowest BCUT2D eigenvalue weighted by atomic mass is 10.1. The molecule has 0 saturated heterocycles. The van der Waals surface area contributed by atoms with Crippen LogP contribution >= 0.6 is 24.0 Å². The van der Waals surface area contributed by atoms with Gasteiger partial charge in [0.25, 0.3) is 0 Å². The molecule has 1 aliphatic heterocycles. The summed E-state index contributed by atoms with van der Waals surface area (Å²) in [5.41, 5.74) is 2.61. The zero-order valence-corrected chi connectivity index (χ0v) is 18.2. The molecular formula is C19H29IN6. The summed E-state index contributed by atoms with van der Waals surface area (Å²) in [6.07, 6.45) is 3.10. The predicted molar refractivity (Wildman–Crippen MR) is 116 cm³/mol. The van der Waals surface area contributed by atoms with Gasteiger partial charge in [-0.25, -0.2) is 9.67 Å². The lowest BCUT2D eigenvalue weighted by Crippen LogP contribution is -2.41. The Hall–Kier alpha value is -1.64. The Morgan fingerprint density at radius 3 is 2.77 bits per heavy atom. The molecule has 1 unspecified atom stereocenters. The number of rotatable bonds is 5. The average Bonchev–Trinajstić information content (AvgIpc) is 2.98. The number of fused-ring (bicyclic) bond motifs is 1. The Kier molecular flexibility index (Phi) is 7.86. The van der Waals surface area contributed by atoms with Crippen molar-refractivity contribution in [3.63, 3.8) is 0 Å². The van der Waals surface area contributed by atoms with E-state index in [0.717, 1.165) is 56.5 Å². The maximum atomic E-state index is 4.74. The van der Waals surface area contributed by atoms with Crippen LogP contribution in [-0.2, 0) is 13.0 Å². The minimum atomic E-state index is 0. The van der Waals surface area contributed by atoms with Gasteiger partial charge in [-0.15, -0.1) is 24.0 Å². The van der Waals surface area contributed by atoms with Crippen molar-refractivity contribution in [3.8, 4) is 0 Å². The van der Waals surface area contributed by atoms with Crippen LogP contribution in [0.3, 0.4) is 0 Å². The SMILES string of the molecule is CCNC(=NCCc1ccc(C)cc1)NC1CCCn2nc(C)nc21.I. The van der Waals surface area contributed by atoms with Crippen molar-refractivity contribution in [2.45, 2.75) is 52.6 Å². The van der Waals surface area contributed by atoms with E-state index in [4.69, 9.17) is 4.99 Å². The second-order valence-corrected chi connectivity index (χ2v) is 6.58. The van der Waals surface area contributed by atoms with Crippen molar-refractivity contribution in [3.05, 3.63) is 47.0 Å². The van der Waals surface area contributed by atoms with E-state index in [1.807, 2.05) is 11.6 Å². The second kappa shape index (κ2) is 9.89. The van der Waals surface area contributed by atoms with Gasteiger partial charge in [0.05, 0.1) is 6.04 Å². The van der Waals surface area contributed by atoms with Crippen molar-refractivity contribution in [1.82, 2.24) is 25.4 Å². The van der Waals surface area contributed by atoms with Gasteiger partial charge in [0.15, 0.2) is 5.96 Å². The van der Waals surface area contributed by atoms with Gasteiger partial charge < -0.3 is 10.6 Å². The maximum Gasteiger partial charge on any atom is 0.191 e. The van der Waals surface area contributed by atoms with Crippen LogP contribution in [0.15, 0.2) is 29.3 Å². The highest BCUT2D eigenvalue weighted by molar-refractivity contribution is 14.0. The van der Waals surface area contributed by atoms with Gasteiger partial charge in [0, 0.05) is 19.6 Å². The van der Waals surface area contributed by atoms with Crippen molar-refractivity contribution >= 4 is 29.9 Å². The van der Waals surface area contributed by atoms with E-state index < -0.39 is 0 Å². The molecule has 142 valence electrons. The molecule has 0 radical (unpaired) electrons. The molecule has 0 amide bonds. The van der Waals surface area contributed by atoms with Crippen LogP contribution in [0.5, 0.6) is 0 Å². The zero-order valence-electron chi connectivity index (χ0n) is 15.8. The summed E-state index contributed by atoms with van der Waals surface area (Å²) in [6.45, 7) is 8.70. The molecule has 2 heterocycles. The zero-order chi connectivity index (χ0) is 17.6. The predicted octanol–water partition coefficient (Wildman–Crippen LogP) is 3.15. The number of nitrogens with zero attached hydrogens (tertiary/aromatic N) is 4. The van der Waals surface area contributed by atoms with Crippen molar-refractivity contribution in [2.75, 3.05) is 13.1 Å². The lowest BCUT2D eigenvalue weighted by Gasteiger charge is -2.25. The van der Waals surface area contributed by atoms with E-state index >= 15 is 0 Å². The van der Waals surface area contributed by atoms with E-state index in [2.05, 4.69) is 58.8 Å². The highest BCUT2D eigenvalue weighted by Gasteiger charge is 2.24. The number of aliphatic imine (C=N–C) groups is 1. The first kappa shape index (κ1) is 20.7. The first-order chi connectivity index (χ1) is 12.2. The van der Waals surface area contributed by atoms with Gasteiger partial charge in [0.2, 0.25) is 0 Å². The van der Waals surface area contributed by atoms with Gasteiger partial charge in [-0.1, -0.05) is 29.8 Å². The van der Waals surface area contributed by atoms with Crippen molar-refractivity contribution in [2.24, 2.45) is 4.99 Å². The molecule has 2 aromatic rings. The Balaban J connectivity index is 0.00000243. The largest absolute Gasteiger partial charge is 0.357 e. The molecule has 0 spiro atoms. The number of aryl methyl sites for hydroxylation is 3. The molecule has 2 N–H and O–H groups in total. The van der Waals surface area contributed by atoms with E-state index in [0.29, 0.717) is 0 Å². The van der Waals surface area contributed by atoms with Crippen molar-refractivity contribution in [1.29, 1.82) is 0 Å². The molecular weight excluding hydrogens is 439 g/mol. The molecule has 1 aliphatic rings. The summed E-state index contributed by atoms with van der Waals surface area (Å²) in [6, 6.07) is 8.83. The number of benzene rings is 1. The minimum absolute atomic E-state index is 0. The number of nitrogens with one attached hydrogen (secondary N) is 2. The van der Waals surface area contributed by atoms with Gasteiger partial charge in [-0.3, -0.25) is 4.99 Å². The molecule has 0 bridgehead atoms. The first-order valence-corrected chi connectivity index (χ1v) is 9.17. The maximum absolute atomic E-state index is 4.74. The second-order valence-electron chi connectivity index (χ2n) is 6.58. The fraction of sp³-hybridized carbons (Fsp3) is 0.526. The van der Waals surface area contributed by atoms with E-state index in [-0.39, 0.29) is 30.0 Å². The Bertz CT molecular complexity index is 722. The molecule has 0 aliphatic carbocycles. The quantitative estimate of drug-likeness (QED) is 0.402. The summed E-state index contributed by atoms with van der Waals surface area (Å²) in [5.74, 6) is 2.71.